The van der Waals surface area contributed by atoms with Crippen LogP contribution in [0.25, 0.3) is 0 Å². The van der Waals surface area contributed by atoms with E-state index in [1.807, 2.05) is 41.3 Å². The van der Waals surface area contributed by atoms with Crippen molar-refractivity contribution in [2.24, 2.45) is 10.9 Å². The molecule has 0 bridgehead atoms. The van der Waals surface area contributed by atoms with Gasteiger partial charge in [-0.25, -0.2) is 0 Å². The first-order valence-corrected chi connectivity index (χ1v) is 7.60. The molecule has 0 saturated carbocycles. The summed E-state index contributed by atoms with van der Waals surface area (Å²) >= 11 is 0. The molecule has 2 N–H and O–H groups in total. The monoisotopic (exact) mass is 428 g/mol. The highest BCUT2D eigenvalue weighted by molar-refractivity contribution is 14.0. The zero-order valence-corrected chi connectivity index (χ0v) is 16.0. The molecule has 7 heteroatoms. The number of rotatable bonds is 7. The van der Waals surface area contributed by atoms with Crippen LogP contribution in [0, 0.1) is 5.92 Å². The first-order valence-electron chi connectivity index (χ1n) is 7.60. The minimum Gasteiger partial charge on any atom is -0.356 e. The van der Waals surface area contributed by atoms with E-state index in [1.54, 1.807) is 13.2 Å². The third-order valence-corrected chi connectivity index (χ3v) is 3.30. The number of pyridine rings is 1. The van der Waals surface area contributed by atoms with E-state index >= 15 is 0 Å². The van der Waals surface area contributed by atoms with E-state index in [4.69, 9.17) is 0 Å². The fraction of sp³-hybridized carbons (Fsp3) is 0.438. The summed E-state index contributed by atoms with van der Waals surface area (Å²) in [7, 11) is 1.79. The van der Waals surface area contributed by atoms with E-state index in [9.17, 15) is 0 Å². The molecule has 126 valence electrons. The van der Waals surface area contributed by atoms with Crippen LogP contribution in [0.1, 0.15) is 12.6 Å². The predicted molar refractivity (Wildman–Crippen MR) is 104 cm³/mol. The topological polar surface area (TPSA) is 67.1 Å². The van der Waals surface area contributed by atoms with E-state index in [2.05, 4.69) is 32.6 Å². The van der Waals surface area contributed by atoms with E-state index in [0.29, 0.717) is 5.92 Å². The number of halogens is 1. The zero-order chi connectivity index (χ0) is 15.6. The molecule has 0 aromatic carbocycles. The van der Waals surface area contributed by atoms with Crippen molar-refractivity contribution in [3.8, 4) is 0 Å². The van der Waals surface area contributed by atoms with E-state index in [-0.39, 0.29) is 24.0 Å². The van der Waals surface area contributed by atoms with E-state index < -0.39 is 0 Å². The van der Waals surface area contributed by atoms with Gasteiger partial charge >= 0.3 is 0 Å². The van der Waals surface area contributed by atoms with Crippen molar-refractivity contribution in [3.05, 3.63) is 48.5 Å². The van der Waals surface area contributed by atoms with Crippen LogP contribution in [-0.2, 0) is 13.0 Å². The molecule has 0 radical (unpaired) electrons. The van der Waals surface area contributed by atoms with Gasteiger partial charge in [-0.05, 0) is 24.1 Å². The van der Waals surface area contributed by atoms with Crippen molar-refractivity contribution in [2.75, 3.05) is 20.1 Å². The zero-order valence-electron chi connectivity index (χ0n) is 13.6. The van der Waals surface area contributed by atoms with Crippen LogP contribution in [0.15, 0.2) is 47.8 Å². The van der Waals surface area contributed by atoms with Crippen LogP contribution in [0.3, 0.4) is 0 Å². The molecule has 0 aliphatic heterocycles. The Morgan fingerprint density at radius 3 is 2.78 bits per heavy atom. The Hall–Kier alpha value is -1.64. The van der Waals surface area contributed by atoms with Crippen LogP contribution in [0.4, 0.5) is 0 Å². The van der Waals surface area contributed by atoms with Gasteiger partial charge in [-0.3, -0.25) is 14.7 Å². The molecule has 0 aliphatic carbocycles. The van der Waals surface area contributed by atoms with Crippen LogP contribution >= 0.6 is 24.0 Å². The normalized spacial score (nSPS) is 12.3. The smallest absolute Gasteiger partial charge is 0.190 e. The Balaban J connectivity index is 0.00000264. The van der Waals surface area contributed by atoms with E-state index in [1.165, 1.54) is 0 Å². The molecule has 1 unspecified atom stereocenters. The fourth-order valence-electron chi connectivity index (χ4n) is 2.14. The van der Waals surface area contributed by atoms with Gasteiger partial charge in [-0.2, -0.15) is 5.10 Å². The number of guanidine groups is 1. The Kier molecular flexibility index (Phi) is 9.27. The molecule has 2 heterocycles. The predicted octanol–water partition coefficient (Wildman–Crippen LogP) is 1.94. The molecule has 0 spiro atoms. The van der Waals surface area contributed by atoms with Crippen LogP contribution in [0.2, 0.25) is 0 Å². The Morgan fingerprint density at radius 1 is 1.26 bits per heavy atom. The Bertz CT molecular complexity index is 555. The number of nitrogens with one attached hydrogen (secondary N) is 2. The van der Waals surface area contributed by atoms with Gasteiger partial charge in [0, 0.05) is 57.4 Å². The van der Waals surface area contributed by atoms with Gasteiger partial charge in [0.25, 0.3) is 0 Å². The molecular weight excluding hydrogens is 403 g/mol. The lowest BCUT2D eigenvalue weighted by Crippen LogP contribution is -2.40. The highest BCUT2D eigenvalue weighted by Crippen LogP contribution is 1.98. The average Bonchev–Trinajstić information content (AvgIpc) is 3.04. The maximum Gasteiger partial charge on any atom is 0.190 e. The van der Waals surface area contributed by atoms with Gasteiger partial charge in [0.2, 0.25) is 0 Å². The molecule has 2 aromatic heterocycles. The second kappa shape index (κ2) is 11.0. The summed E-state index contributed by atoms with van der Waals surface area (Å²) < 4.78 is 1.95. The largest absolute Gasteiger partial charge is 0.356 e. The van der Waals surface area contributed by atoms with Gasteiger partial charge in [0.15, 0.2) is 5.96 Å². The number of aromatic nitrogens is 3. The molecule has 1 atom stereocenters. The summed E-state index contributed by atoms with van der Waals surface area (Å²) in [6.07, 6.45) is 6.48. The molecule has 0 fully saturated rings. The molecule has 0 saturated heterocycles. The van der Waals surface area contributed by atoms with Crippen molar-refractivity contribution in [2.45, 2.75) is 19.9 Å². The minimum absolute atomic E-state index is 0. The molecule has 0 amide bonds. The molecular formula is C16H25IN6. The first-order chi connectivity index (χ1) is 10.8. The van der Waals surface area contributed by atoms with Crippen molar-refractivity contribution in [1.29, 1.82) is 0 Å². The van der Waals surface area contributed by atoms with E-state index in [0.717, 1.165) is 37.7 Å². The first kappa shape index (κ1) is 19.4. The second-order valence-corrected chi connectivity index (χ2v) is 5.28. The summed E-state index contributed by atoms with van der Waals surface area (Å²) in [5, 5.41) is 10.9. The van der Waals surface area contributed by atoms with Crippen LogP contribution < -0.4 is 10.6 Å². The lowest BCUT2D eigenvalue weighted by Gasteiger charge is -2.16. The molecule has 2 rings (SSSR count). The maximum absolute atomic E-state index is 4.31. The highest BCUT2D eigenvalue weighted by Gasteiger charge is 2.05. The molecule has 2 aromatic rings. The standard InChI is InChI=1S/C16H24N6.HI/c1-14(13-22-11-5-9-21-22)12-20-16(17-2)19-10-7-15-6-3-4-8-18-15;/h3-6,8-9,11,14H,7,10,12-13H2,1-2H3,(H2,17,19,20);1H. The van der Waals surface area contributed by atoms with Crippen molar-refractivity contribution >= 4 is 29.9 Å². The number of hydrogen-bond acceptors (Lipinski definition) is 3. The van der Waals surface area contributed by atoms with Gasteiger partial charge in [0.05, 0.1) is 0 Å². The van der Waals surface area contributed by atoms with Gasteiger partial charge < -0.3 is 10.6 Å². The van der Waals surface area contributed by atoms with Crippen LogP contribution in [-0.4, -0.2) is 40.9 Å². The molecule has 0 aliphatic rings. The molecule has 6 nitrogen and oxygen atoms in total. The third-order valence-electron chi connectivity index (χ3n) is 3.30. The average molecular weight is 428 g/mol. The lowest BCUT2D eigenvalue weighted by molar-refractivity contribution is 0.443. The SMILES string of the molecule is CN=C(NCCc1ccccn1)NCC(C)Cn1cccn1.I. The lowest BCUT2D eigenvalue weighted by atomic mass is 10.2. The van der Waals surface area contributed by atoms with Gasteiger partial charge in [-0.15, -0.1) is 24.0 Å². The number of hydrogen-bond donors (Lipinski definition) is 2. The summed E-state index contributed by atoms with van der Waals surface area (Å²) in [5.41, 5.74) is 1.08. The summed E-state index contributed by atoms with van der Waals surface area (Å²) in [4.78, 5) is 8.55. The van der Waals surface area contributed by atoms with Gasteiger partial charge in [0.1, 0.15) is 0 Å². The molecule has 23 heavy (non-hydrogen) atoms. The maximum atomic E-state index is 4.31. The quantitative estimate of drug-likeness (QED) is 0.402. The van der Waals surface area contributed by atoms with Crippen molar-refractivity contribution < 1.29 is 0 Å². The third kappa shape index (κ3) is 7.45. The summed E-state index contributed by atoms with van der Waals surface area (Å²) in [5.74, 6) is 1.29. The second-order valence-electron chi connectivity index (χ2n) is 5.28. The summed E-state index contributed by atoms with van der Waals surface area (Å²) in [6.45, 7) is 4.74. The number of aliphatic imine (C=N–C) groups is 1. The van der Waals surface area contributed by atoms with Crippen LogP contribution in [0.5, 0.6) is 0 Å². The van der Waals surface area contributed by atoms with Crippen molar-refractivity contribution in [1.82, 2.24) is 25.4 Å². The van der Waals surface area contributed by atoms with Crippen molar-refractivity contribution in [3.63, 3.8) is 0 Å². The Morgan fingerprint density at radius 2 is 2.13 bits per heavy atom. The van der Waals surface area contributed by atoms with Gasteiger partial charge in [-0.1, -0.05) is 13.0 Å². The fourth-order valence-corrected chi connectivity index (χ4v) is 2.14. The number of nitrogens with zero attached hydrogens (tertiary/aromatic N) is 4. The highest BCUT2D eigenvalue weighted by atomic mass is 127. The summed E-state index contributed by atoms with van der Waals surface area (Å²) in [6, 6.07) is 7.91. The Labute approximate surface area is 154 Å². The minimum atomic E-state index is 0.